The highest BCUT2D eigenvalue weighted by atomic mass is 79.9. The predicted molar refractivity (Wildman–Crippen MR) is 173 cm³/mol. The lowest BCUT2D eigenvalue weighted by Crippen LogP contribution is -2.57. The number of carbonyl (C=O) groups is 1. The molecule has 2 aliphatic rings. The first-order valence-corrected chi connectivity index (χ1v) is 17.5. The minimum atomic E-state index is -4.08. The molecule has 0 N–H and O–H groups in total. The lowest BCUT2D eigenvalue weighted by molar-refractivity contribution is 0.0122. The number of nitrogens with zero attached hydrogens (tertiary/aromatic N) is 4. The average molecular weight is 738 g/mol. The van der Waals surface area contributed by atoms with Crippen molar-refractivity contribution in [3.63, 3.8) is 0 Å². The van der Waals surface area contributed by atoms with Crippen LogP contribution in [0.5, 0.6) is 5.75 Å². The molecule has 2 bridgehead atoms. The number of rotatable bonds is 6. The van der Waals surface area contributed by atoms with Gasteiger partial charge < -0.3 is 19.1 Å². The van der Waals surface area contributed by atoms with Crippen molar-refractivity contribution in [2.24, 2.45) is 0 Å². The van der Waals surface area contributed by atoms with Crippen LogP contribution in [0.2, 0.25) is 0 Å². The van der Waals surface area contributed by atoms with Gasteiger partial charge in [0.05, 0.1) is 21.9 Å². The third kappa shape index (κ3) is 6.08. The fourth-order valence-electron chi connectivity index (χ4n) is 6.31. The SMILES string of the molecule is COCOc1cc(-c2c(Br)c(F)c3nc(S(C)(=O)=O)nc(N4CC5CCC(C4)N5C(=O)OC(C)(C)C)c3c2F)c2c(F)cccc2c1. The number of ether oxygens (including phenoxy) is 3. The first kappa shape index (κ1) is 33.2. The van der Waals surface area contributed by atoms with Gasteiger partial charge in [0, 0.05) is 43.0 Å². The summed E-state index contributed by atoms with van der Waals surface area (Å²) in [5, 5.41) is -0.703. The number of hydrogen-bond donors (Lipinski definition) is 0. The van der Waals surface area contributed by atoms with Crippen LogP contribution in [0.3, 0.4) is 0 Å². The van der Waals surface area contributed by atoms with Gasteiger partial charge in [0.1, 0.15) is 34.3 Å². The lowest BCUT2D eigenvalue weighted by atomic mass is 9.95. The van der Waals surface area contributed by atoms with Gasteiger partial charge in [-0.2, -0.15) is 0 Å². The van der Waals surface area contributed by atoms with Crippen LogP contribution in [0, 0.1) is 17.5 Å². The molecular formula is C32H32BrF3N4O6S. The van der Waals surface area contributed by atoms with E-state index in [-0.39, 0.29) is 65.4 Å². The van der Waals surface area contributed by atoms with E-state index in [4.69, 9.17) is 14.2 Å². The molecule has 10 nitrogen and oxygen atoms in total. The quantitative estimate of drug-likeness (QED) is 0.123. The van der Waals surface area contributed by atoms with Crippen molar-refractivity contribution in [2.45, 2.75) is 56.5 Å². The zero-order valence-electron chi connectivity index (χ0n) is 26.2. The highest BCUT2D eigenvalue weighted by Gasteiger charge is 2.45. The smallest absolute Gasteiger partial charge is 0.410 e. The molecule has 250 valence electrons. The first-order chi connectivity index (χ1) is 22.1. The van der Waals surface area contributed by atoms with Gasteiger partial charge >= 0.3 is 6.09 Å². The number of benzene rings is 3. The molecule has 2 atom stereocenters. The largest absolute Gasteiger partial charge is 0.468 e. The Labute approximate surface area is 277 Å². The molecular weight excluding hydrogens is 705 g/mol. The fraction of sp³-hybridized carbons (Fsp3) is 0.406. The van der Waals surface area contributed by atoms with Gasteiger partial charge in [0.2, 0.25) is 15.0 Å². The molecule has 2 fully saturated rings. The van der Waals surface area contributed by atoms with Gasteiger partial charge in [-0.25, -0.2) is 36.4 Å². The van der Waals surface area contributed by atoms with E-state index in [1.165, 1.54) is 25.3 Å². The summed E-state index contributed by atoms with van der Waals surface area (Å²) in [6.07, 6.45) is 1.63. The van der Waals surface area contributed by atoms with Crippen LogP contribution < -0.4 is 9.64 Å². The molecule has 3 aromatic carbocycles. The van der Waals surface area contributed by atoms with Crippen LogP contribution in [0.1, 0.15) is 33.6 Å². The second-order valence-corrected chi connectivity index (χ2v) is 15.4. The third-order valence-corrected chi connectivity index (χ3v) is 9.75. The van der Waals surface area contributed by atoms with Crippen molar-refractivity contribution < 1.29 is 40.6 Å². The van der Waals surface area contributed by atoms with Crippen molar-refractivity contribution in [3.8, 4) is 16.9 Å². The van der Waals surface area contributed by atoms with Crippen molar-refractivity contribution in [1.29, 1.82) is 0 Å². The molecule has 0 radical (unpaired) electrons. The maximum Gasteiger partial charge on any atom is 0.410 e. The fourth-order valence-corrected chi connectivity index (χ4v) is 7.39. The van der Waals surface area contributed by atoms with E-state index in [0.29, 0.717) is 18.2 Å². The van der Waals surface area contributed by atoms with E-state index in [0.717, 1.165) is 6.26 Å². The van der Waals surface area contributed by atoms with Crippen molar-refractivity contribution in [2.75, 3.05) is 38.1 Å². The zero-order chi connectivity index (χ0) is 34.0. The number of carbonyl (C=O) groups excluding carboxylic acids is 1. The Morgan fingerprint density at radius 2 is 1.72 bits per heavy atom. The summed E-state index contributed by atoms with van der Waals surface area (Å²) in [6.45, 7) is 5.45. The molecule has 1 aromatic heterocycles. The Balaban J connectivity index is 1.58. The molecule has 15 heteroatoms. The molecule has 0 aliphatic carbocycles. The van der Waals surface area contributed by atoms with E-state index in [9.17, 15) is 13.2 Å². The highest BCUT2D eigenvalue weighted by molar-refractivity contribution is 9.10. The molecule has 6 rings (SSSR count). The molecule has 1 amide bonds. The Bertz CT molecular complexity index is 2030. The second kappa shape index (κ2) is 12.1. The molecule has 47 heavy (non-hydrogen) atoms. The number of halogens is 4. The normalized spacial score (nSPS) is 18.3. The molecule has 2 unspecified atom stereocenters. The predicted octanol–water partition coefficient (Wildman–Crippen LogP) is 6.60. The number of piperazine rings is 1. The summed E-state index contributed by atoms with van der Waals surface area (Å²) in [7, 11) is -2.66. The third-order valence-electron chi connectivity index (χ3n) is 8.16. The summed E-state index contributed by atoms with van der Waals surface area (Å²) >= 11 is 3.16. The van der Waals surface area contributed by atoms with Crippen molar-refractivity contribution >= 4 is 59.4 Å². The molecule has 0 spiro atoms. The van der Waals surface area contributed by atoms with Gasteiger partial charge in [0.25, 0.3) is 0 Å². The number of amides is 1. The van der Waals surface area contributed by atoms with Crippen molar-refractivity contribution in [3.05, 3.63) is 52.3 Å². The van der Waals surface area contributed by atoms with E-state index >= 15 is 13.2 Å². The topological polar surface area (TPSA) is 111 Å². The Hall–Kier alpha value is -3.69. The standard InChI is InChI=1S/C32H32BrF3N4O6S/c1-32(2,3)46-31(41)40-17-9-10-18(40)14-39(13-17)29-24-26(35)23(25(33)27(36)28(24)37-30(38-29)47(5,42)43)20-12-19(45-15-44-4)11-16-7-6-8-21(34)22(16)20/h6-8,11-12,17-18H,9-10,13-15H2,1-5H3. The number of sulfone groups is 1. The van der Waals surface area contributed by atoms with Crippen LogP contribution in [0.4, 0.5) is 23.8 Å². The zero-order valence-corrected chi connectivity index (χ0v) is 28.6. The molecule has 2 aliphatic heterocycles. The second-order valence-electron chi connectivity index (χ2n) is 12.7. The van der Waals surface area contributed by atoms with Gasteiger partial charge in [-0.15, -0.1) is 0 Å². The number of fused-ring (bicyclic) bond motifs is 4. The number of anilines is 1. The monoisotopic (exact) mass is 736 g/mol. The Morgan fingerprint density at radius 1 is 1.04 bits per heavy atom. The number of methoxy groups -OCH3 is 1. The van der Waals surface area contributed by atoms with Gasteiger partial charge in [-0.1, -0.05) is 12.1 Å². The van der Waals surface area contributed by atoms with Gasteiger partial charge in [-0.05, 0) is 73.1 Å². The van der Waals surface area contributed by atoms with Gasteiger partial charge in [-0.3, -0.25) is 4.90 Å². The molecule has 3 heterocycles. The number of aromatic nitrogens is 2. The average Bonchev–Trinajstić information content (AvgIpc) is 3.26. The summed E-state index contributed by atoms with van der Waals surface area (Å²) in [4.78, 5) is 24.6. The number of hydrogen-bond acceptors (Lipinski definition) is 9. The van der Waals surface area contributed by atoms with Gasteiger partial charge in [0.15, 0.2) is 12.6 Å². The summed E-state index contributed by atoms with van der Waals surface area (Å²) in [6, 6.07) is 6.52. The van der Waals surface area contributed by atoms with Crippen LogP contribution in [0.25, 0.3) is 32.8 Å². The van der Waals surface area contributed by atoms with Crippen LogP contribution in [-0.4, -0.2) is 80.3 Å². The van der Waals surface area contributed by atoms with E-state index in [1.807, 2.05) is 0 Å². The molecule has 0 saturated carbocycles. The Morgan fingerprint density at radius 3 is 2.34 bits per heavy atom. The maximum atomic E-state index is 17.2. The Kier molecular flexibility index (Phi) is 8.54. The molecule has 4 aromatic rings. The maximum absolute atomic E-state index is 17.2. The van der Waals surface area contributed by atoms with Crippen molar-refractivity contribution in [1.82, 2.24) is 14.9 Å². The van der Waals surface area contributed by atoms with E-state index in [2.05, 4.69) is 25.9 Å². The highest BCUT2D eigenvalue weighted by Crippen LogP contribution is 2.46. The van der Waals surface area contributed by atoms with Crippen LogP contribution >= 0.6 is 15.9 Å². The minimum absolute atomic E-state index is 0.00913. The minimum Gasteiger partial charge on any atom is -0.468 e. The van der Waals surface area contributed by atoms with Crippen LogP contribution in [0.15, 0.2) is 40.0 Å². The lowest BCUT2D eigenvalue weighted by Gasteiger charge is -2.42. The molecule has 2 saturated heterocycles. The van der Waals surface area contributed by atoms with E-state index in [1.54, 1.807) is 42.7 Å². The first-order valence-electron chi connectivity index (χ1n) is 14.8. The summed E-state index contributed by atoms with van der Waals surface area (Å²) < 4.78 is 90.2. The van der Waals surface area contributed by atoms with E-state index < -0.39 is 54.1 Å². The summed E-state index contributed by atoms with van der Waals surface area (Å²) in [5.74, 6) is -2.68. The summed E-state index contributed by atoms with van der Waals surface area (Å²) in [5.41, 5.74) is -1.65. The van der Waals surface area contributed by atoms with Crippen LogP contribution in [-0.2, 0) is 19.3 Å².